The number of aliphatic hydroxyl groups is 1. The Kier molecular flexibility index (Phi) is 2.93. The van der Waals surface area contributed by atoms with Gasteiger partial charge in [-0.2, -0.15) is 0 Å². The van der Waals surface area contributed by atoms with Gasteiger partial charge in [0.2, 0.25) is 0 Å². The first-order chi connectivity index (χ1) is 6.11. The molecule has 0 amide bonds. The molecule has 0 aromatic carbocycles. The third-order valence-electron chi connectivity index (χ3n) is 2.50. The first-order valence-electron chi connectivity index (χ1n) is 4.57. The first-order valence-corrected chi connectivity index (χ1v) is 4.57. The number of nitrogens with zero attached hydrogens (tertiary/aromatic N) is 1. The van der Waals surface area contributed by atoms with E-state index in [1.165, 1.54) is 4.57 Å². The Morgan fingerprint density at radius 2 is 2.15 bits per heavy atom. The molecule has 0 aliphatic carbocycles. The number of nitrogens with one attached hydrogen (secondary N) is 1. The zero-order valence-electron chi connectivity index (χ0n) is 8.08. The van der Waals surface area contributed by atoms with E-state index in [-0.39, 0.29) is 5.69 Å². The van der Waals surface area contributed by atoms with Crippen molar-refractivity contribution in [1.82, 2.24) is 9.55 Å². The van der Waals surface area contributed by atoms with Crippen molar-refractivity contribution < 1.29 is 5.11 Å². The van der Waals surface area contributed by atoms with E-state index < -0.39 is 5.60 Å². The van der Waals surface area contributed by atoms with Crippen molar-refractivity contribution in [1.29, 1.82) is 0 Å². The minimum atomic E-state index is -0.758. The van der Waals surface area contributed by atoms with Gasteiger partial charge in [-0.25, -0.2) is 4.79 Å². The van der Waals surface area contributed by atoms with Crippen LogP contribution in [0.2, 0.25) is 0 Å². The summed E-state index contributed by atoms with van der Waals surface area (Å²) in [6.45, 7) is 4.20. The predicted octanol–water partition coefficient (Wildman–Crippen LogP) is 0.727. The summed E-state index contributed by atoms with van der Waals surface area (Å²) in [6.07, 6.45) is 4.54. The molecule has 0 fully saturated rings. The van der Waals surface area contributed by atoms with Gasteiger partial charge in [-0.1, -0.05) is 13.8 Å². The van der Waals surface area contributed by atoms with Gasteiger partial charge in [-0.15, -0.1) is 0 Å². The van der Waals surface area contributed by atoms with E-state index in [9.17, 15) is 9.90 Å². The Labute approximate surface area is 77.2 Å². The van der Waals surface area contributed by atoms with E-state index >= 15 is 0 Å². The number of imidazole rings is 1. The lowest BCUT2D eigenvalue weighted by atomic mass is 9.98. The molecule has 0 radical (unpaired) electrons. The molecule has 1 aromatic rings. The molecule has 0 bridgehead atoms. The maximum Gasteiger partial charge on any atom is 0.325 e. The van der Waals surface area contributed by atoms with Gasteiger partial charge in [0.25, 0.3) is 0 Å². The lowest BCUT2D eigenvalue weighted by Crippen LogP contribution is -2.35. The molecule has 0 aliphatic rings. The van der Waals surface area contributed by atoms with Crippen LogP contribution in [-0.4, -0.2) is 20.3 Å². The van der Waals surface area contributed by atoms with Gasteiger partial charge in [0.1, 0.15) is 0 Å². The molecule has 0 saturated carbocycles. The molecule has 1 rings (SSSR count). The molecule has 0 unspecified atom stereocenters. The summed E-state index contributed by atoms with van der Waals surface area (Å²) in [5.74, 6) is 0. The highest BCUT2D eigenvalue weighted by Gasteiger charge is 2.23. The summed E-state index contributed by atoms with van der Waals surface area (Å²) >= 11 is 0. The second kappa shape index (κ2) is 3.79. The first kappa shape index (κ1) is 10.1. The van der Waals surface area contributed by atoms with Crippen LogP contribution in [0.3, 0.4) is 0 Å². The van der Waals surface area contributed by atoms with Gasteiger partial charge in [0.05, 0.1) is 12.1 Å². The summed E-state index contributed by atoms with van der Waals surface area (Å²) in [5, 5.41) is 9.95. The third kappa shape index (κ3) is 2.21. The number of hydrogen-bond acceptors (Lipinski definition) is 2. The largest absolute Gasteiger partial charge is 0.388 e. The van der Waals surface area contributed by atoms with E-state index in [1.54, 1.807) is 12.4 Å². The van der Waals surface area contributed by atoms with Gasteiger partial charge in [0, 0.05) is 12.4 Å². The molecule has 74 valence electrons. The molecule has 1 aromatic heterocycles. The fourth-order valence-corrected chi connectivity index (χ4v) is 1.26. The Bertz CT molecular complexity index is 309. The fourth-order valence-electron chi connectivity index (χ4n) is 1.26. The molecule has 2 N–H and O–H groups in total. The molecular weight excluding hydrogens is 168 g/mol. The Morgan fingerprint density at radius 3 is 2.54 bits per heavy atom. The van der Waals surface area contributed by atoms with Crippen LogP contribution in [0.25, 0.3) is 0 Å². The number of aromatic nitrogens is 2. The smallest absolute Gasteiger partial charge is 0.325 e. The van der Waals surface area contributed by atoms with E-state index in [0.29, 0.717) is 19.4 Å². The van der Waals surface area contributed by atoms with Crippen molar-refractivity contribution in [3.8, 4) is 0 Å². The summed E-state index contributed by atoms with van der Waals surface area (Å²) in [5.41, 5.74) is -0.924. The van der Waals surface area contributed by atoms with Crippen LogP contribution in [0.5, 0.6) is 0 Å². The SMILES string of the molecule is CCC(O)(CC)Cn1cc[nH]c1=O. The monoisotopic (exact) mass is 184 g/mol. The van der Waals surface area contributed by atoms with Crippen molar-refractivity contribution in [2.24, 2.45) is 0 Å². The highest BCUT2D eigenvalue weighted by molar-refractivity contribution is 4.82. The van der Waals surface area contributed by atoms with E-state index in [4.69, 9.17) is 0 Å². The van der Waals surface area contributed by atoms with Gasteiger partial charge < -0.3 is 10.1 Å². The molecule has 0 atom stereocenters. The third-order valence-corrected chi connectivity index (χ3v) is 2.50. The van der Waals surface area contributed by atoms with Crippen LogP contribution >= 0.6 is 0 Å². The van der Waals surface area contributed by atoms with Gasteiger partial charge in [-0.3, -0.25) is 4.57 Å². The molecule has 4 heteroatoms. The Balaban J connectivity index is 2.79. The van der Waals surface area contributed by atoms with E-state index in [2.05, 4.69) is 4.98 Å². The van der Waals surface area contributed by atoms with Gasteiger partial charge >= 0.3 is 5.69 Å². The van der Waals surface area contributed by atoms with Crippen LogP contribution in [0.1, 0.15) is 26.7 Å². The molecular formula is C9H16N2O2. The maximum atomic E-state index is 11.1. The second-order valence-corrected chi connectivity index (χ2v) is 3.32. The quantitative estimate of drug-likeness (QED) is 0.724. The van der Waals surface area contributed by atoms with Crippen molar-refractivity contribution in [2.45, 2.75) is 38.8 Å². The van der Waals surface area contributed by atoms with Gasteiger partial charge in [-0.05, 0) is 12.8 Å². The van der Waals surface area contributed by atoms with Crippen LogP contribution < -0.4 is 5.69 Å². The zero-order chi connectivity index (χ0) is 9.90. The zero-order valence-corrected chi connectivity index (χ0v) is 8.08. The molecule has 0 aliphatic heterocycles. The number of hydrogen-bond donors (Lipinski definition) is 2. The van der Waals surface area contributed by atoms with E-state index in [1.807, 2.05) is 13.8 Å². The van der Waals surface area contributed by atoms with Gasteiger partial charge in [0.15, 0.2) is 0 Å². The highest BCUT2D eigenvalue weighted by atomic mass is 16.3. The molecule has 0 spiro atoms. The lowest BCUT2D eigenvalue weighted by molar-refractivity contribution is 0.0143. The molecule has 13 heavy (non-hydrogen) atoms. The van der Waals surface area contributed by atoms with Crippen molar-refractivity contribution >= 4 is 0 Å². The summed E-state index contributed by atoms with van der Waals surface area (Å²) in [7, 11) is 0. The minimum absolute atomic E-state index is 0.166. The van der Waals surface area contributed by atoms with Crippen LogP contribution in [0.15, 0.2) is 17.2 Å². The van der Waals surface area contributed by atoms with Crippen LogP contribution in [-0.2, 0) is 6.54 Å². The fraction of sp³-hybridized carbons (Fsp3) is 0.667. The topological polar surface area (TPSA) is 58.0 Å². The standard InChI is InChI=1S/C9H16N2O2/c1-3-9(13,4-2)7-11-6-5-10-8(11)12/h5-6,13H,3-4,7H2,1-2H3,(H,10,12). The molecule has 1 heterocycles. The molecule has 4 nitrogen and oxygen atoms in total. The van der Waals surface area contributed by atoms with Crippen molar-refractivity contribution in [3.63, 3.8) is 0 Å². The number of aromatic amines is 1. The van der Waals surface area contributed by atoms with E-state index in [0.717, 1.165) is 0 Å². The maximum absolute atomic E-state index is 11.1. The van der Waals surface area contributed by atoms with Crippen molar-refractivity contribution in [3.05, 3.63) is 22.9 Å². The number of H-pyrrole nitrogens is 1. The summed E-state index contributed by atoms with van der Waals surface area (Å²) in [6, 6.07) is 0. The minimum Gasteiger partial charge on any atom is -0.388 e. The lowest BCUT2D eigenvalue weighted by Gasteiger charge is -2.24. The summed E-state index contributed by atoms with van der Waals surface area (Å²) in [4.78, 5) is 13.7. The number of rotatable bonds is 4. The average Bonchev–Trinajstić information content (AvgIpc) is 2.52. The predicted molar refractivity (Wildman–Crippen MR) is 50.6 cm³/mol. The average molecular weight is 184 g/mol. The summed E-state index contributed by atoms with van der Waals surface area (Å²) < 4.78 is 1.49. The Hall–Kier alpha value is -1.03. The normalized spacial score (nSPS) is 11.9. The van der Waals surface area contributed by atoms with Crippen LogP contribution in [0, 0.1) is 0 Å². The van der Waals surface area contributed by atoms with Crippen molar-refractivity contribution in [2.75, 3.05) is 0 Å². The second-order valence-electron chi connectivity index (χ2n) is 3.32. The van der Waals surface area contributed by atoms with Crippen LogP contribution in [0.4, 0.5) is 0 Å². The highest BCUT2D eigenvalue weighted by Crippen LogP contribution is 2.15. The Morgan fingerprint density at radius 1 is 1.54 bits per heavy atom. The molecule has 0 saturated heterocycles.